The highest BCUT2D eigenvalue weighted by molar-refractivity contribution is 5.93. The highest BCUT2D eigenvalue weighted by atomic mass is 19.4. The van der Waals surface area contributed by atoms with E-state index in [1.54, 1.807) is 37.3 Å². The van der Waals surface area contributed by atoms with Gasteiger partial charge in [-0.2, -0.15) is 13.2 Å². The highest BCUT2D eigenvalue weighted by Gasteiger charge is 2.29. The predicted octanol–water partition coefficient (Wildman–Crippen LogP) is 2.54. The summed E-state index contributed by atoms with van der Waals surface area (Å²) >= 11 is 0. The van der Waals surface area contributed by atoms with Crippen molar-refractivity contribution in [1.82, 2.24) is 20.5 Å². The molecule has 0 bridgehead atoms. The third kappa shape index (κ3) is 6.26. The van der Waals surface area contributed by atoms with E-state index in [4.69, 9.17) is 0 Å². The minimum Gasteiger partial charge on any atom is -0.354 e. The van der Waals surface area contributed by atoms with Gasteiger partial charge in [0.2, 0.25) is 0 Å². The Bertz CT molecular complexity index is 791. The molecule has 28 heavy (non-hydrogen) atoms. The summed E-state index contributed by atoms with van der Waals surface area (Å²) in [5.74, 6) is 0.346. The number of hydrogen-bond donors (Lipinski definition) is 2. The van der Waals surface area contributed by atoms with Gasteiger partial charge in [0.25, 0.3) is 5.91 Å². The van der Waals surface area contributed by atoms with Crippen LogP contribution in [-0.4, -0.2) is 48.9 Å². The second-order valence-corrected chi connectivity index (χ2v) is 6.02. The molecular formula is C19H22F3N5O. The Morgan fingerprint density at radius 1 is 1.14 bits per heavy atom. The van der Waals surface area contributed by atoms with Crippen molar-refractivity contribution in [2.45, 2.75) is 12.7 Å². The molecule has 0 atom stereocenters. The Hall–Kier alpha value is -3.10. The number of aromatic nitrogens is 1. The van der Waals surface area contributed by atoms with E-state index in [1.807, 2.05) is 0 Å². The van der Waals surface area contributed by atoms with Gasteiger partial charge in [-0.3, -0.25) is 14.8 Å². The normalized spacial score (nSPS) is 11.8. The minimum absolute atomic E-state index is 0.219. The van der Waals surface area contributed by atoms with Crippen LogP contribution in [0.25, 0.3) is 0 Å². The summed E-state index contributed by atoms with van der Waals surface area (Å²) in [6.07, 6.45) is -1.27. The number of halogens is 3. The van der Waals surface area contributed by atoms with E-state index in [0.29, 0.717) is 31.2 Å². The molecule has 0 aliphatic carbocycles. The largest absolute Gasteiger partial charge is 0.416 e. The van der Waals surface area contributed by atoms with Crippen LogP contribution in [0.1, 0.15) is 21.5 Å². The number of benzene rings is 1. The molecule has 0 fully saturated rings. The number of amides is 1. The van der Waals surface area contributed by atoms with Gasteiger partial charge in [-0.15, -0.1) is 0 Å². The average Bonchev–Trinajstić information content (AvgIpc) is 2.68. The fourth-order valence-corrected chi connectivity index (χ4v) is 2.48. The van der Waals surface area contributed by atoms with Crippen molar-refractivity contribution < 1.29 is 18.0 Å². The van der Waals surface area contributed by atoms with Crippen LogP contribution >= 0.6 is 0 Å². The molecule has 2 rings (SSSR count). The minimum atomic E-state index is -4.34. The third-order valence-electron chi connectivity index (χ3n) is 3.89. The van der Waals surface area contributed by atoms with Crippen LogP contribution in [0.4, 0.5) is 13.2 Å². The van der Waals surface area contributed by atoms with Crippen molar-refractivity contribution in [1.29, 1.82) is 0 Å². The lowest BCUT2D eigenvalue weighted by molar-refractivity contribution is -0.137. The Labute approximate surface area is 161 Å². The fourth-order valence-electron chi connectivity index (χ4n) is 2.48. The average molecular weight is 393 g/mol. The number of carbonyl (C=O) groups excluding carboxylic acids is 1. The molecule has 1 heterocycles. The lowest BCUT2D eigenvalue weighted by Crippen LogP contribution is -2.42. The molecule has 2 aromatic rings. The molecular weight excluding hydrogens is 371 g/mol. The van der Waals surface area contributed by atoms with Crippen LogP contribution in [0, 0.1) is 0 Å². The number of rotatable bonds is 6. The van der Waals surface area contributed by atoms with E-state index in [1.165, 1.54) is 18.3 Å². The summed E-state index contributed by atoms with van der Waals surface area (Å²) in [6.45, 7) is 1.21. The van der Waals surface area contributed by atoms with Gasteiger partial charge in [0.1, 0.15) is 0 Å². The first kappa shape index (κ1) is 21.2. The first-order valence-corrected chi connectivity index (χ1v) is 8.57. The standard InChI is InChI=1S/C19H22F3N5O/c1-23-18(26-11-10-25-17(28)15-4-3-9-24-12-15)27(2)13-14-5-7-16(8-6-14)19(20,21)22/h3-9,12H,10-11,13H2,1-2H3,(H,23,26)(H,25,28). The Balaban J connectivity index is 1.80. The molecule has 1 amide bonds. The molecule has 9 heteroatoms. The van der Waals surface area contributed by atoms with Crippen LogP contribution < -0.4 is 10.6 Å². The highest BCUT2D eigenvalue weighted by Crippen LogP contribution is 2.29. The van der Waals surface area contributed by atoms with E-state index in [9.17, 15) is 18.0 Å². The molecule has 0 saturated carbocycles. The van der Waals surface area contributed by atoms with Crippen LogP contribution in [0.3, 0.4) is 0 Å². The van der Waals surface area contributed by atoms with Crippen LogP contribution in [-0.2, 0) is 12.7 Å². The second kappa shape index (κ2) is 9.72. The van der Waals surface area contributed by atoms with Gasteiger partial charge in [-0.25, -0.2) is 0 Å². The number of hydrogen-bond acceptors (Lipinski definition) is 3. The Morgan fingerprint density at radius 2 is 1.82 bits per heavy atom. The molecule has 6 nitrogen and oxygen atoms in total. The molecule has 0 saturated heterocycles. The van der Waals surface area contributed by atoms with E-state index in [-0.39, 0.29) is 5.91 Å². The fraction of sp³-hybridized carbons (Fsp3) is 0.316. The number of carbonyl (C=O) groups is 1. The Morgan fingerprint density at radius 3 is 2.39 bits per heavy atom. The molecule has 0 radical (unpaired) electrons. The van der Waals surface area contributed by atoms with E-state index in [2.05, 4.69) is 20.6 Å². The van der Waals surface area contributed by atoms with Crippen molar-refractivity contribution in [2.24, 2.45) is 4.99 Å². The summed E-state index contributed by atoms with van der Waals surface area (Å²) in [6, 6.07) is 8.37. The van der Waals surface area contributed by atoms with E-state index >= 15 is 0 Å². The number of nitrogens with one attached hydrogen (secondary N) is 2. The number of nitrogens with zero attached hydrogens (tertiary/aromatic N) is 3. The quantitative estimate of drug-likeness (QED) is 0.450. The maximum Gasteiger partial charge on any atom is 0.416 e. The number of pyridine rings is 1. The van der Waals surface area contributed by atoms with Gasteiger partial charge in [-0.1, -0.05) is 12.1 Å². The molecule has 2 N–H and O–H groups in total. The molecule has 0 aliphatic rings. The van der Waals surface area contributed by atoms with Gasteiger partial charge in [0.05, 0.1) is 11.1 Å². The monoisotopic (exact) mass is 393 g/mol. The van der Waals surface area contributed by atoms with Crippen LogP contribution in [0.5, 0.6) is 0 Å². The third-order valence-corrected chi connectivity index (χ3v) is 3.89. The first-order chi connectivity index (χ1) is 13.3. The summed E-state index contributed by atoms with van der Waals surface area (Å²) < 4.78 is 37.9. The Kier molecular flexibility index (Phi) is 7.36. The first-order valence-electron chi connectivity index (χ1n) is 8.57. The molecule has 1 aromatic carbocycles. The predicted molar refractivity (Wildman–Crippen MR) is 101 cm³/mol. The zero-order valence-electron chi connectivity index (χ0n) is 15.6. The van der Waals surface area contributed by atoms with Crippen molar-refractivity contribution >= 4 is 11.9 Å². The number of guanidine groups is 1. The topological polar surface area (TPSA) is 69.6 Å². The molecule has 0 unspecified atom stereocenters. The zero-order chi connectivity index (χ0) is 20.6. The van der Waals surface area contributed by atoms with Gasteiger partial charge in [0.15, 0.2) is 5.96 Å². The molecule has 1 aromatic heterocycles. The summed E-state index contributed by atoms with van der Waals surface area (Å²) in [5.41, 5.74) is 0.528. The van der Waals surface area contributed by atoms with Crippen molar-refractivity contribution in [3.8, 4) is 0 Å². The van der Waals surface area contributed by atoms with E-state index < -0.39 is 11.7 Å². The van der Waals surface area contributed by atoms with Gasteiger partial charge >= 0.3 is 6.18 Å². The maximum atomic E-state index is 12.6. The zero-order valence-corrected chi connectivity index (χ0v) is 15.6. The van der Waals surface area contributed by atoms with Crippen LogP contribution in [0.15, 0.2) is 53.8 Å². The van der Waals surface area contributed by atoms with Gasteiger partial charge in [-0.05, 0) is 29.8 Å². The van der Waals surface area contributed by atoms with Crippen molar-refractivity contribution in [3.63, 3.8) is 0 Å². The summed E-state index contributed by atoms with van der Waals surface area (Å²) in [4.78, 5) is 21.8. The summed E-state index contributed by atoms with van der Waals surface area (Å²) in [7, 11) is 3.39. The molecule has 0 spiro atoms. The maximum absolute atomic E-state index is 12.6. The number of alkyl halides is 3. The van der Waals surface area contributed by atoms with E-state index in [0.717, 1.165) is 17.7 Å². The van der Waals surface area contributed by atoms with Gasteiger partial charge in [0, 0.05) is 46.1 Å². The lowest BCUT2D eigenvalue weighted by Gasteiger charge is -2.22. The van der Waals surface area contributed by atoms with Crippen LogP contribution in [0.2, 0.25) is 0 Å². The second-order valence-electron chi connectivity index (χ2n) is 6.02. The lowest BCUT2D eigenvalue weighted by atomic mass is 10.1. The number of aliphatic imine (C=N–C) groups is 1. The van der Waals surface area contributed by atoms with Crippen molar-refractivity contribution in [2.75, 3.05) is 27.2 Å². The summed E-state index contributed by atoms with van der Waals surface area (Å²) in [5, 5.41) is 5.86. The van der Waals surface area contributed by atoms with Gasteiger partial charge < -0.3 is 15.5 Å². The smallest absolute Gasteiger partial charge is 0.354 e. The SMILES string of the molecule is CN=C(NCCNC(=O)c1cccnc1)N(C)Cc1ccc(C(F)(F)F)cc1. The molecule has 150 valence electrons. The molecule has 0 aliphatic heterocycles. The van der Waals surface area contributed by atoms with Crippen molar-refractivity contribution in [3.05, 3.63) is 65.5 Å².